The highest BCUT2D eigenvalue weighted by Crippen LogP contribution is 2.43. The van der Waals surface area contributed by atoms with Crippen LogP contribution in [0, 0.1) is 11.6 Å². The normalized spacial score (nSPS) is 18.6. The minimum atomic E-state index is -0.489. The quantitative estimate of drug-likeness (QED) is 0.266. The molecule has 2 N–H and O–H groups in total. The zero-order valence-electron chi connectivity index (χ0n) is 14.9. The fourth-order valence-corrected chi connectivity index (χ4v) is 3.00. The average molecular weight is 507 g/mol. The third-order valence-electron chi connectivity index (χ3n) is 4.29. The second-order valence-corrected chi connectivity index (χ2v) is 6.62. The van der Waals surface area contributed by atoms with E-state index in [0.29, 0.717) is 30.6 Å². The first kappa shape index (κ1) is 21.8. The number of guanidine groups is 1. The Hall–Kier alpha value is -1.48. The highest BCUT2D eigenvalue weighted by Gasteiger charge is 2.42. The number of hydrogen-bond acceptors (Lipinski definition) is 2. The smallest absolute Gasteiger partial charge is 0.191 e. The Balaban J connectivity index is 0.00000261. The molecule has 146 valence electrons. The van der Waals surface area contributed by atoms with Crippen molar-refractivity contribution in [2.24, 2.45) is 4.99 Å². The number of halogens is 4. The minimum Gasteiger partial charge on any atom is -0.357 e. The third kappa shape index (κ3) is 6.00. The molecule has 2 atom stereocenters. The van der Waals surface area contributed by atoms with Crippen molar-refractivity contribution in [3.8, 4) is 0 Å². The number of hydrogen-bond donors (Lipinski definition) is 2. The molecule has 4 nitrogen and oxygen atoms in total. The van der Waals surface area contributed by atoms with E-state index in [9.17, 15) is 8.78 Å². The molecule has 1 aliphatic rings. The van der Waals surface area contributed by atoms with Crippen molar-refractivity contribution in [1.82, 2.24) is 15.6 Å². The van der Waals surface area contributed by atoms with Gasteiger partial charge in [0.15, 0.2) is 5.96 Å². The molecule has 3 rings (SSSR count). The number of aliphatic imine (C=N–C) groups is 1. The van der Waals surface area contributed by atoms with Crippen LogP contribution in [0.25, 0.3) is 0 Å². The molecule has 0 spiro atoms. The van der Waals surface area contributed by atoms with E-state index in [1.165, 1.54) is 18.2 Å². The number of rotatable bonds is 6. The first-order valence-electron chi connectivity index (χ1n) is 8.67. The summed E-state index contributed by atoms with van der Waals surface area (Å²) in [5, 5.41) is 6.89. The van der Waals surface area contributed by atoms with Crippen molar-refractivity contribution in [3.63, 3.8) is 0 Å². The lowest BCUT2D eigenvalue weighted by Crippen LogP contribution is -2.39. The van der Waals surface area contributed by atoms with Gasteiger partial charge < -0.3 is 10.6 Å². The first-order valence-corrected chi connectivity index (χ1v) is 9.05. The van der Waals surface area contributed by atoms with E-state index < -0.39 is 11.6 Å². The Labute approximate surface area is 179 Å². The summed E-state index contributed by atoms with van der Waals surface area (Å²) in [6, 6.07) is 7.64. The van der Waals surface area contributed by atoms with Crippen LogP contribution in [0.3, 0.4) is 0 Å². The van der Waals surface area contributed by atoms with E-state index in [2.05, 4.69) is 20.6 Å². The Bertz CT molecular complexity index is 766. The maximum atomic E-state index is 13.9. The summed E-state index contributed by atoms with van der Waals surface area (Å²) in [6.07, 6.45) is 3.15. The standard InChI is InChI=1S/C19H21ClF2N4.HI/c1-2-23-19(24-9-8-12-6-7-17(20)25-11-12)26-16-10-13(16)18-14(21)4-3-5-15(18)22;/h3-7,11,13,16H,2,8-10H2,1H3,(H2,23,24,26);1H. The van der Waals surface area contributed by atoms with Gasteiger partial charge in [0.2, 0.25) is 0 Å². The van der Waals surface area contributed by atoms with Crippen LogP contribution >= 0.6 is 35.6 Å². The first-order chi connectivity index (χ1) is 12.6. The zero-order valence-corrected chi connectivity index (χ0v) is 18.0. The lowest BCUT2D eigenvalue weighted by Gasteiger charge is -2.12. The van der Waals surface area contributed by atoms with Gasteiger partial charge in [-0.2, -0.15) is 0 Å². The van der Waals surface area contributed by atoms with Gasteiger partial charge in [0.1, 0.15) is 16.8 Å². The molecule has 0 aliphatic heterocycles. The third-order valence-corrected chi connectivity index (χ3v) is 4.51. The van der Waals surface area contributed by atoms with Crippen molar-refractivity contribution in [2.75, 3.05) is 13.1 Å². The van der Waals surface area contributed by atoms with E-state index in [1.54, 1.807) is 12.3 Å². The lowest BCUT2D eigenvalue weighted by molar-refractivity contribution is 0.553. The maximum absolute atomic E-state index is 13.9. The Kier molecular flexibility index (Phi) is 8.22. The molecule has 8 heteroatoms. The molecule has 1 saturated carbocycles. The van der Waals surface area contributed by atoms with Gasteiger partial charge in [-0.3, -0.25) is 4.99 Å². The van der Waals surface area contributed by atoms with Gasteiger partial charge in [-0.1, -0.05) is 23.7 Å². The van der Waals surface area contributed by atoms with E-state index in [1.807, 2.05) is 13.0 Å². The lowest BCUT2D eigenvalue weighted by atomic mass is 10.1. The summed E-state index contributed by atoms with van der Waals surface area (Å²) < 4.78 is 27.8. The van der Waals surface area contributed by atoms with E-state index >= 15 is 0 Å². The van der Waals surface area contributed by atoms with Crippen molar-refractivity contribution in [2.45, 2.75) is 31.7 Å². The molecule has 0 radical (unpaired) electrons. The minimum absolute atomic E-state index is 0. The highest BCUT2D eigenvalue weighted by atomic mass is 127. The molecular weight excluding hydrogens is 485 g/mol. The number of aromatic nitrogens is 1. The van der Waals surface area contributed by atoms with E-state index in [-0.39, 0.29) is 41.5 Å². The molecule has 1 aliphatic carbocycles. The van der Waals surface area contributed by atoms with Crippen LogP contribution < -0.4 is 10.6 Å². The maximum Gasteiger partial charge on any atom is 0.191 e. The Morgan fingerprint density at radius 3 is 2.63 bits per heavy atom. The molecule has 1 heterocycles. The van der Waals surface area contributed by atoms with E-state index in [4.69, 9.17) is 11.6 Å². The zero-order chi connectivity index (χ0) is 18.5. The van der Waals surface area contributed by atoms with Gasteiger partial charge >= 0.3 is 0 Å². The SMILES string of the molecule is CCNC(=NCCc1ccc(Cl)nc1)NC1CC1c1c(F)cccc1F.I. The summed E-state index contributed by atoms with van der Waals surface area (Å²) in [5.41, 5.74) is 1.21. The van der Waals surface area contributed by atoms with Crippen LogP contribution in [0.2, 0.25) is 5.15 Å². The van der Waals surface area contributed by atoms with Crippen LogP contribution in [0.1, 0.15) is 30.4 Å². The van der Waals surface area contributed by atoms with Crippen LogP contribution in [-0.2, 0) is 6.42 Å². The van der Waals surface area contributed by atoms with E-state index in [0.717, 1.165) is 12.0 Å². The predicted octanol–water partition coefficient (Wildman–Crippen LogP) is 4.28. The van der Waals surface area contributed by atoms with Crippen molar-refractivity contribution < 1.29 is 8.78 Å². The summed E-state index contributed by atoms with van der Waals surface area (Å²) in [6.45, 7) is 3.26. The Morgan fingerprint density at radius 2 is 2.00 bits per heavy atom. The predicted molar refractivity (Wildman–Crippen MR) is 115 cm³/mol. The van der Waals surface area contributed by atoms with Crippen LogP contribution in [0.5, 0.6) is 0 Å². The van der Waals surface area contributed by atoms with Gasteiger partial charge in [0.25, 0.3) is 0 Å². The van der Waals surface area contributed by atoms with Crippen molar-refractivity contribution in [1.29, 1.82) is 0 Å². The summed E-state index contributed by atoms with van der Waals surface area (Å²) in [4.78, 5) is 8.58. The number of nitrogens with zero attached hydrogens (tertiary/aromatic N) is 2. The average Bonchev–Trinajstić information content (AvgIpc) is 3.35. The van der Waals surface area contributed by atoms with Crippen molar-refractivity contribution in [3.05, 3.63) is 64.4 Å². The molecular formula is C19H22ClF2IN4. The van der Waals surface area contributed by atoms with Crippen LogP contribution in [0.15, 0.2) is 41.5 Å². The molecule has 27 heavy (non-hydrogen) atoms. The second kappa shape index (κ2) is 10.2. The van der Waals surface area contributed by atoms with Crippen LogP contribution in [0.4, 0.5) is 8.78 Å². The Morgan fingerprint density at radius 1 is 1.26 bits per heavy atom. The van der Waals surface area contributed by atoms with Gasteiger partial charge in [-0.15, -0.1) is 24.0 Å². The van der Waals surface area contributed by atoms with Crippen LogP contribution in [-0.4, -0.2) is 30.1 Å². The molecule has 0 amide bonds. The summed E-state index contributed by atoms with van der Waals surface area (Å²) in [7, 11) is 0. The second-order valence-electron chi connectivity index (χ2n) is 6.23. The van der Waals surface area contributed by atoms with Gasteiger partial charge in [-0.05, 0) is 43.5 Å². The number of benzene rings is 1. The van der Waals surface area contributed by atoms with Gasteiger partial charge in [-0.25, -0.2) is 13.8 Å². The van der Waals surface area contributed by atoms with Gasteiger partial charge in [0.05, 0.1) is 0 Å². The molecule has 0 bridgehead atoms. The summed E-state index contributed by atoms with van der Waals surface area (Å²) in [5.74, 6) is -0.493. The topological polar surface area (TPSA) is 49.3 Å². The number of pyridine rings is 1. The number of nitrogens with one attached hydrogen (secondary N) is 2. The highest BCUT2D eigenvalue weighted by molar-refractivity contribution is 14.0. The fraction of sp³-hybridized carbons (Fsp3) is 0.368. The molecule has 0 saturated heterocycles. The summed E-state index contributed by atoms with van der Waals surface area (Å²) >= 11 is 5.78. The van der Waals surface area contributed by atoms with Crippen molar-refractivity contribution >= 4 is 41.5 Å². The molecule has 1 aromatic heterocycles. The molecule has 2 aromatic rings. The molecule has 2 unspecified atom stereocenters. The molecule has 1 aromatic carbocycles. The fourth-order valence-electron chi connectivity index (χ4n) is 2.89. The monoisotopic (exact) mass is 506 g/mol. The largest absolute Gasteiger partial charge is 0.357 e. The molecule has 1 fully saturated rings. The van der Waals surface area contributed by atoms with Gasteiger partial charge in [0, 0.05) is 36.8 Å².